The molecule has 3 rings (SSSR count). The van der Waals surface area contributed by atoms with Gasteiger partial charge >= 0.3 is 0 Å². The zero-order valence-electron chi connectivity index (χ0n) is 11.2. The SMILES string of the molecule is N#C[C@@]1(c2cncc(Cl)c2)C[C@H]2C=C[C@@H](C1)N2CC(F)F. The van der Waals surface area contributed by atoms with Gasteiger partial charge in [0.15, 0.2) is 0 Å². The predicted octanol–water partition coefficient (Wildman–Crippen LogP) is 3.16. The first-order chi connectivity index (χ1) is 10.0. The number of hydrogen-bond donors (Lipinski definition) is 0. The van der Waals surface area contributed by atoms with Crippen LogP contribution in [0.25, 0.3) is 0 Å². The number of pyridine rings is 1. The van der Waals surface area contributed by atoms with Crippen LogP contribution in [0.3, 0.4) is 0 Å². The molecule has 1 aromatic heterocycles. The minimum absolute atomic E-state index is 0.128. The van der Waals surface area contributed by atoms with Gasteiger partial charge in [0.1, 0.15) is 0 Å². The molecule has 2 aliphatic rings. The molecule has 1 aromatic rings. The smallest absolute Gasteiger partial charge is 0.251 e. The average molecular weight is 310 g/mol. The van der Waals surface area contributed by atoms with Crippen molar-refractivity contribution < 1.29 is 8.78 Å². The number of rotatable bonds is 3. The van der Waals surface area contributed by atoms with Crippen molar-refractivity contribution in [1.29, 1.82) is 5.26 Å². The monoisotopic (exact) mass is 309 g/mol. The standard InChI is InChI=1S/C15H14ClF2N3/c16-11-3-10(6-20-7-11)15(9-19)4-12-1-2-13(5-15)21(12)8-14(17)18/h1-3,6-7,12-14H,4-5,8H2/t12-,13+,15-. The third kappa shape index (κ3) is 2.54. The summed E-state index contributed by atoms with van der Waals surface area (Å²) in [4.78, 5) is 5.83. The molecule has 0 aliphatic carbocycles. The van der Waals surface area contributed by atoms with Gasteiger partial charge in [0.05, 0.1) is 23.1 Å². The van der Waals surface area contributed by atoms with Crippen molar-refractivity contribution in [2.45, 2.75) is 36.8 Å². The lowest BCUT2D eigenvalue weighted by molar-refractivity contribution is 0.0381. The number of fused-ring (bicyclic) bond motifs is 2. The fourth-order valence-corrected chi connectivity index (χ4v) is 3.56. The van der Waals surface area contributed by atoms with Gasteiger partial charge in [0.2, 0.25) is 0 Å². The third-order valence-electron chi connectivity index (χ3n) is 4.34. The van der Waals surface area contributed by atoms with E-state index in [1.165, 1.54) is 6.20 Å². The van der Waals surface area contributed by atoms with Crippen molar-refractivity contribution in [2.24, 2.45) is 0 Å². The van der Waals surface area contributed by atoms with E-state index in [0.717, 1.165) is 5.56 Å². The van der Waals surface area contributed by atoms with E-state index in [-0.39, 0.29) is 18.6 Å². The molecule has 3 heterocycles. The number of hydrogen-bond acceptors (Lipinski definition) is 3. The molecule has 0 N–H and O–H groups in total. The van der Waals surface area contributed by atoms with Gasteiger partial charge in [-0.2, -0.15) is 5.26 Å². The Kier molecular flexibility index (Phi) is 3.68. The Morgan fingerprint density at radius 3 is 2.57 bits per heavy atom. The fraction of sp³-hybridized carbons (Fsp3) is 0.467. The maximum atomic E-state index is 12.7. The van der Waals surface area contributed by atoms with Gasteiger partial charge in [-0.3, -0.25) is 9.88 Å². The van der Waals surface area contributed by atoms with E-state index in [4.69, 9.17) is 11.6 Å². The van der Waals surface area contributed by atoms with E-state index in [1.807, 2.05) is 12.2 Å². The van der Waals surface area contributed by atoms with Gasteiger partial charge in [-0.05, 0) is 24.5 Å². The van der Waals surface area contributed by atoms with Crippen LogP contribution >= 0.6 is 11.6 Å². The molecule has 2 aliphatic heterocycles. The molecule has 2 bridgehead atoms. The van der Waals surface area contributed by atoms with Crippen molar-refractivity contribution in [1.82, 2.24) is 9.88 Å². The second kappa shape index (κ2) is 5.36. The summed E-state index contributed by atoms with van der Waals surface area (Å²) in [5.41, 5.74) is 0.0583. The molecule has 0 spiro atoms. The summed E-state index contributed by atoms with van der Waals surface area (Å²) in [6.45, 7) is -0.252. The Labute approximate surface area is 126 Å². The topological polar surface area (TPSA) is 39.9 Å². The van der Waals surface area contributed by atoms with Crippen molar-refractivity contribution in [3.05, 3.63) is 41.2 Å². The van der Waals surface area contributed by atoms with Crippen LogP contribution in [0.1, 0.15) is 18.4 Å². The number of nitrogens with zero attached hydrogens (tertiary/aromatic N) is 3. The zero-order valence-corrected chi connectivity index (χ0v) is 12.0. The van der Waals surface area contributed by atoms with E-state index in [0.29, 0.717) is 17.9 Å². The van der Waals surface area contributed by atoms with Crippen molar-refractivity contribution in [3.8, 4) is 6.07 Å². The van der Waals surface area contributed by atoms with E-state index in [9.17, 15) is 14.0 Å². The number of halogens is 3. The Morgan fingerprint density at radius 2 is 2.05 bits per heavy atom. The van der Waals surface area contributed by atoms with E-state index < -0.39 is 11.8 Å². The molecule has 110 valence electrons. The lowest BCUT2D eigenvalue weighted by Crippen LogP contribution is -2.51. The first-order valence-corrected chi connectivity index (χ1v) is 7.16. The minimum atomic E-state index is -2.36. The lowest BCUT2D eigenvalue weighted by Gasteiger charge is -2.43. The summed E-state index contributed by atoms with van der Waals surface area (Å²) >= 11 is 5.97. The normalized spacial score (nSPS) is 31.6. The number of aromatic nitrogens is 1. The highest BCUT2D eigenvalue weighted by molar-refractivity contribution is 6.30. The average Bonchev–Trinajstić information content (AvgIpc) is 2.70. The van der Waals surface area contributed by atoms with Gasteiger partial charge in [-0.15, -0.1) is 0 Å². The molecule has 1 fully saturated rings. The summed E-state index contributed by atoms with van der Waals surface area (Å²) in [6.07, 6.45) is 5.66. The van der Waals surface area contributed by atoms with Crippen molar-refractivity contribution >= 4 is 11.6 Å². The molecular formula is C15H14ClF2N3. The summed E-state index contributed by atoms with van der Waals surface area (Å²) in [6, 6.07) is 3.88. The molecule has 3 atom stereocenters. The van der Waals surface area contributed by atoms with E-state index >= 15 is 0 Å². The zero-order chi connectivity index (χ0) is 15.0. The third-order valence-corrected chi connectivity index (χ3v) is 4.55. The van der Waals surface area contributed by atoms with Crippen molar-refractivity contribution in [2.75, 3.05) is 6.54 Å². The van der Waals surface area contributed by atoms with Gasteiger partial charge < -0.3 is 0 Å². The number of piperidine rings is 1. The molecule has 3 nitrogen and oxygen atoms in total. The summed E-state index contributed by atoms with van der Waals surface area (Å²) in [7, 11) is 0. The largest absolute Gasteiger partial charge is 0.285 e. The van der Waals surface area contributed by atoms with Crippen LogP contribution in [0.2, 0.25) is 5.02 Å². The molecule has 0 unspecified atom stereocenters. The van der Waals surface area contributed by atoms with Gasteiger partial charge in [-0.25, -0.2) is 8.78 Å². The molecular weight excluding hydrogens is 296 g/mol. The Hall–Kier alpha value is -1.51. The maximum absolute atomic E-state index is 12.7. The minimum Gasteiger partial charge on any atom is -0.285 e. The lowest BCUT2D eigenvalue weighted by atomic mass is 9.71. The van der Waals surface area contributed by atoms with Crippen LogP contribution in [0.4, 0.5) is 8.78 Å². The maximum Gasteiger partial charge on any atom is 0.251 e. The first kappa shape index (κ1) is 14.4. The molecule has 1 saturated heterocycles. The van der Waals surface area contributed by atoms with Gasteiger partial charge in [0, 0.05) is 24.5 Å². The summed E-state index contributed by atoms with van der Waals surface area (Å²) < 4.78 is 25.4. The van der Waals surface area contributed by atoms with Gasteiger partial charge in [-0.1, -0.05) is 23.8 Å². The summed E-state index contributed by atoms with van der Waals surface area (Å²) in [5.74, 6) is 0. The quantitative estimate of drug-likeness (QED) is 0.805. The highest BCUT2D eigenvalue weighted by Crippen LogP contribution is 2.44. The number of alkyl halides is 2. The van der Waals surface area contributed by atoms with Crippen LogP contribution in [-0.4, -0.2) is 34.9 Å². The molecule has 0 aromatic carbocycles. The van der Waals surface area contributed by atoms with E-state index in [1.54, 1.807) is 17.2 Å². The molecule has 0 saturated carbocycles. The Balaban J connectivity index is 1.90. The molecule has 6 heteroatoms. The van der Waals surface area contributed by atoms with Crippen molar-refractivity contribution in [3.63, 3.8) is 0 Å². The molecule has 21 heavy (non-hydrogen) atoms. The van der Waals surface area contributed by atoms with Crippen LogP contribution in [0, 0.1) is 11.3 Å². The van der Waals surface area contributed by atoms with Crippen LogP contribution in [-0.2, 0) is 5.41 Å². The Bertz CT molecular complexity index is 595. The predicted molar refractivity (Wildman–Crippen MR) is 75.2 cm³/mol. The highest BCUT2D eigenvalue weighted by Gasteiger charge is 2.47. The molecule has 0 amide bonds. The second-order valence-corrected chi connectivity index (χ2v) is 6.04. The van der Waals surface area contributed by atoms with Crippen LogP contribution in [0.15, 0.2) is 30.6 Å². The van der Waals surface area contributed by atoms with E-state index in [2.05, 4.69) is 11.1 Å². The van der Waals surface area contributed by atoms with Crippen LogP contribution < -0.4 is 0 Å². The second-order valence-electron chi connectivity index (χ2n) is 5.60. The molecule has 0 radical (unpaired) electrons. The number of nitriles is 1. The van der Waals surface area contributed by atoms with Crippen LogP contribution in [0.5, 0.6) is 0 Å². The van der Waals surface area contributed by atoms with Gasteiger partial charge in [0.25, 0.3) is 6.43 Å². The summed E-state index contributed by atoms with van der Waals surface area (Å²) in [5, 5.41) is 10.2. The highest BCUT2D eigenvalue weighted by atomic mass is 35.5. The Morgan fingerprint density at radius 1 is 1.38 bits per heavy atom. The fourth-order valence-electron chi connectivity index (χ4n) is 3.39. The first-order valence-electron chi connectivity index (χ1n) is 6.78.